The van der Waals surface area contributed by atoms with Crippen LogP contribution in [0.15, 0.2) is 54.6 Å². The predicted octanol–water partition coefficient (Wildman–Crippen LogP) is 3.44. The summed E-state index contributed by atoms with van der Waals surface area (Å²) in [6, 6.07) is 16.2. The Bertz CT molecular complexity index is 669. The smallest absolute Gasteiger partial charge is 0.233 e. The van der Waals surface area contributed by atoms with Gasteiger partial charge in [0.1, 0.15) is 12.2 Å². The monoisotopic (exact) mass is 312 g/mol. The Morgan fingerprint density at radius 1 is 0.913 bits per heavy atom. The number of amides is 2. The van der Waals surface area contributed by atoms with Crippen LogP contribution in [0.2, 0.25) is 0 Å². The molecule has 0 bridgehead atoms. The minimum Gasteiger partial charge on any atom is -0.489 e. The standard InChI is InChI=1S/C18H20N2O3/c1-13(2)23-16-11-7-6-10-15(16)20-18(22)12-17(21)19-14-8-4-3-5-9-14/h3-11,13H,12H2,1-2H3,(H,19,21)(H,20,22). The van der Waals surface area contributed by atoms with Crippen LogP contribution in [-0.4, -0.2) is 17.9 Å². The molecule has 120 valence electrons. The molecule has 5 nitrogen and oxygen atoms in total. The van der Waals surface area contributed by atoms with Crippen LogP contribution in [-0.2, 0) is 9.59 Å². The summed E-state index contributed by atoms with van der Waals surface area (Å²) in [7, 11) is 0. The van der Waals surface area contributed by atoms with Gasteiger partial charge in [-0.25, -0.2) is 0 Å². The summed E-state index contributed by atoms with van der Waals surface area (Å²) in [5.41, 5.74) is 1.22. The summed E-state index contributed by atoms with van der Waals surface area (Å²) in [4.78, 5) is 23.9. The van der Waals surface area contributed by atoms with Gasteiger partial charge in [-0.3, -0.25) is 9.59 Å². The predicted molar refractivity (Wildman–Crippen MR) is 90.5 cm³/mol. The number of carbonyl (C=O) groups excluding carboxylic acids is 2. The number of ether oxygens (including phenoxy) is 1. The lowest BCUT2D eigenvalue weighted by Crippen LogP contribution is -2.22. The number of nitrogens with one attached hydrogen (secondary N) is 2. The fourth-order valence-electron chi connectivity index (χ4n) is 1.99. The molecule has 2 N–H and O–H groups in total. The fraction of sp³-hybridized carbons (Fsp3) is 0.222. The van der Waals surface area contributed by atoms with E-state index in [0.29, 0.717) is 17.1 Å². The lowest BCUT2D eigenvalue weighted by Gasteiger charge is -2.14. The molecular formula is C18H20N2O3. The van der Waals surface area contributed by atoms with Gasteiger partial charge >= 0.3 is 0 Å². The molecular weight excluding hydrogens is 292 g/mol. The normalized spacial score (nSPS) is 10.2. The van der Waals surface area contributed by atoms with Crippen molar-refractivity contribution in [1.82, 2.24) is 0 Å². The molecule has 0 aliphatic rings. The molecule has 0 saturated heterocycles. The van der Waals surface area contributed by atoms with E-state index in [4.69, 9.17) is 4.74 Å². The molecule has 2 aromatic carbocycles. The van der Waals surface area contributed by atoms with Crippen LogP contribution >= 0.6 is 0 Å². The molecule has 0 heterocycles. The Morgan fingerprint density at radius 2 is 1.52 bits per heavy atom. The zero-order chi connectivity index (χ0) is 16.7. The maximum atomic E-state index is 12.0. The zero-order valence-corrected chi connectivity index (χ0v) is 13.2. The van der Waals surface area contributed by atoms with Crippen molar-refractivity contribution >= 4 is 23.2 Å². The number of anilines is 2. The minimum absolute atomic E-state index is 0.00516. The molecule has 0 aliphatic carbocycles. The molecule has 2 rings (SSSR count). The van der Waals surface area contributed by atoms with Gasteiger partial charge in [0.25, 0.3) is 0 Å². The Labute approximate surface area is 135 Å². The van der Waals surface area contributed by atoms with Gasteiger partial charge in [-0.2, -0.15) is 0 Å². The van der Waals surface area contributed by atoms with E-state index in [1.54, 1.807) is 30.3 Å². The Balaban J connectivity index is 1.93. The summed E-state index contributed by atoms with van der Waals surface area (Å²) < 4.78 is 5.63. The van der Waals surface area contributed by atoms with E-state index < -0.39 is 5.91 Å². The zero-order valence-electron chi connectivity index (χ0n) is 13.2. The summed E-state index contributed by atoms with van der Waals surface area (Å²) in [6.07, 6.45) is -0.264. The average Bonchev–Trinajstić information content (AvgIpc) is 2.49. The molecule has 0 saturated carbocycles. The first-order valence-corrected chi connectivity index (χ1v) is 7.45. The van der Waals surface area contributed by atoms with Crippen LogP contribution in [0, 0.1) is 0 Å². The first-order chi connectivity index (χ1) is 11.0. The molecule has 2 amide bonds. The molecule has 0 aliphatic heterocycles. The maximum absolute atomic E-state index is 12.0. The quantitative estimate of drug-likeness (QED) is 0.803. The van der Waals surface area contributed by atoms with E-state index in [1.807, 2.05) is 38.1 Å². The Morgan fingerprint density at radius 3 is 2.22 bits per heavy atom. The largest absolute Gasteiger partial charge is 0.489 e. The highest BCUT2D eigenvalue weighted by Crippen LogP contribution is 2.24. The number of para-hydroxylation sites is 3. The third-order valence-electron chi connectivity index (χ3n) is 2.90. The topological polar surface area (TPSA) is 67.4 Å². The average molecular weight is 312 g/mol. The number of carbonyl (C=O) groups is 2. The van der Waals surface area contributed by atoms with Crippen LogP contribution < -0.4 is 15.4 Å². The van der Waals surface area contributed by atoms with Gasteiger partial charge in [0.15, 0.2) is 0 Å². The highest BCUT2D eigenvalue weighted by molar-refractivity contribution is 6.08. The van der Waals surface area contributed by atoms with Crippen molar-refractivity contribution in [3.63, 3.8) is 0 Å². The van der Waals surface area contributed by atoms with Crippen LogP contribution in [0.5, 0.6) is 5.75 Å². The van der Waals surface area contributed by atoms with Crippen molar-refractivity contribution in [1.29, 1.82) is 0 Å². The molecule has 0 aromatic heterocycles. The van der Waals surface area contributed by atoms with E-state index in [9.17, 15) is 9.59 Å². The number of hydrogen-bond donors (Lipinski definition) is 2. The first-order valence-electron chi connectivity index (χ1n) is 7.45. The third-order valence-corrected chi connectivity index (χ3v) is 2.90. The molecule has 0 fully saturated rings. The van der Waals surface area contributed by atoms with Crippen molar-refractivity contribution in [3.8, 4) is 5.75 Å². The van der Waals surface area contributed by atoms with Gasteiger partial charge < -0.3 is 15.4 Å². The maximum Gasteiger partial charge on any atom is 0.233 e. The SMILES string of the molecule is CC(C)Oc1ccccc1NC(=O)CC(=O)Nc1ccccc1. The third kappa shape index (κ3) is 5.47. The van der Waals surface area contributed by atoms with Crippen molar-refractivity contribution in [2.45, 2.75) is 26.4 Å². The highest BCUT2D eigenvalue weighted by atomic mass is 16.5. The van der Waals surface area contributed by atoms with Crippen LogP contribution in [0.4, 0.5) is 11.4 Å². The second kappa shape index (κ2) is 7.98. The molecule has 23 heavy (non-hydrogen) atoms. The van der Waals surface area contributed by atoms with Crippen LogP contribution in [0.25, 0.3) is 0 Å². The molecule has 0 spiro atoms. The second-order valence-electron chi connectivity index (χ2n) is 5.30. The molecule has 0 unspecified atom stereocenters. The molecule has 0 radical (unpaired) electrons. The van der Waals surface area contributed by atoms with E-state index in [-0.39, 0.29) is 18.4 Å². The van der Waals surface area contributed by atoms with Crippen molar-refractivity contribution < 1.29 is 14.3 Å². The molecule has 5 heteroatoms. The van der Waals surface area contributed by atoms with Gasteiger partial charge in [0.2, 0.25) is 11.8 Å². The molecule has 2 aromatic rings. The van der Waals surface area contributed by atoms with Crippen LogP contribution in [0.1, 0.15) is 20.3 Å². The van der Waals surface area contributed by atoms with Gasteiger partial charge in [0, 0.05) is 5.69 Å². The number of hydrogen-bond acceptors (Lipinski definition) is 3. The van der Waals surface area contributed by atoms with Gasteiger partial charge in [-0.15, -0.1) is 0 Å². The Hall–Kier alpha value is -2.82. The van der Waals surface area contributed by atoms with Gasteiger partial charge in [-0.05, 0) is 38.1 Å². The van der Waals surface area contributed by atoms with Gasteiger partial charge in [-0.1, -0.05) is 30.3 Å². The van der Waals surface area contributed by atoms with E-state index in [0.717, 1.165) is 0 Å². The van der Waals surface area contributed by atoms with Crippen molar-refractivity contribution in [2.24, 2.45) is 0 Å². The second-order valence-corrected chi connectivity index (χ2v) is 5.30. The van der Waals surface area contributed by atoms with E-state index in [1.165, 1.54) is 0 Å². The summed E-state index contributed by atoms with van der Waals surface area (Å²) in [6.45, 7) is 3.82. The first kappa shape index (κ1) is 16.5. The molecule has 0 atom stereocenters. The highest BCUT2D eigenvalue weighted by Gasteiger charge is 2.12. The summed E-state index contributed by atoms with van der Waals surface area (Å²) >= 11 is 0. The van der Waals surface area contributed by atoms with Crippen LogP contribution in [0.3, 0.4) is 0 Å². The van der Waals surface area contributed by atoms with E-state index in [2.05, 4.69) is 10.6 Å². The fourth-order valence-corrected chi connectivity index (χ4v) is 1.99. The van der Waals surface area contributed by atoms with Gasteiger partial charge in [0.05, 0.1) is 11.8 Å². The van der Waals surface area contributed by atoms with E-state index >= 15 is 0 Å². The summed E-state index contributed by atoms with van der Waals surface area (Å²) in [5.74, 6) is -0.173. The lowest BCUT2D eigenvalue weighted by atomic mass is 10.2. The lowest BCUT2D eigenvalue weighted by molar-refractivity contribution is -0.123. The number of benzene rings is 2. The minimum atomic E-state index is -0.391. The summed E-state index contributed by atoms with van der Waals surface area (Å²) in [5, 5.41) is 5.38. The Kier molecular flexibility index (Phi) is 5.74. The van der Waals surface area contributed by atoms with Crippen molar-refractivity contribution in [3.05, 3.63) is 54.6 Å². The number of rotatable bonds is 6. The van der Waals surface area contributed by atoms with Crippen molar-refractivity contribution in [2.75, 3.05) is 10.6 Å².